The van der Waals surface area contributed by atoms with Gasteiger partial charge in [-0.25, -0.2) is 0 Å². The highest BCUT2D eigenvalue weighted by molar-refractivity contribution is 5.54. The molecule has 7 nitrogen and oxygen atoms in total. The van der Waals surface area contributed by atoms with E-state index < -0.39 is 4.92 Å². The van der Waals surface area contributed by atoms with E-state index >= 15 is 0 Å². The third-order valence-corrected chi connectivity index (χ3v) is 4.17. The molecule has 1 fully saturated rings. The molecule has 0 bridgehead atoms. The van der Waals surface area contributed by atoms with Crippen LogP contribution in [-0.2, 0) is 6.54 Å². The van der Waals surface area contributed by atoms with E-state index in [1.165, 1.54) is 12.8 Å². The van der Waals surface area contributed by atoms with Gasteiger partial charge in [-0.3, -0.25) is 4.57 Å². The number of nitrogens with zero attached hydrogens (tertiary/aromatic N) is 3. The number of aryl methyl sites for hydroxylation is 1. The lowest BCUT2D eigenvalue weighted by molar-refractivity contribution is -0.388. The van der Waals surface area contributed by atoms with Crippen LogP contribution in [0.25, 0.3) is 0 Å². The summed E-state index contributed by atoms with van der Waals surface area (Å²) in [5.41, 5.74) is 5.86. The standard InChI is InChI=1S/C13H23N5O2/c1-3-17-9(2)15-13(18(19)20)12(17)16-11(8-14)10-6-4-5-7-10/h10-11,16H,3-8,14H2,1-2H3. The lowest BCUT2D eigenvalue weighted by atomic mass is 9.98. The Morgan fingerprint density at radius 2 is 2.20 bits per heavy atom. The molecule has 1 aliphatic carbocycles. The van der Waals surface area contributed by atoms with Crippen molar-refractivity contribution in [1.82, 2.24) is 9.55 Å². The fraction of sp³-hybridized carbons (Fsp3) is 0.769. The van der Waals surface area contributed by atoms with Crippen LogP contribution >= 0.6 is 0 Å². The number of nitrogens with one attached hydrogen (secondary N) is 1. The summed E-state index contributed by atoms with van der Waals surface area (Å²) in [4.78, 5) is 14.8. The molecular formula is C13H23N5O2. The summed E-state index contributed by atoms with van der Waals surface area (Å²) in [6.07, 6.45) is 4.72. The van der Waals surface area contributed by atoms with Gasteiger partial charge in [-0.05, 0) is 35.6 Å². The van der Waals surface area contributed by atoms with Crippen molar-refractivity contribution in [3.05, 3.63) is 15.9 Å². The van der Waals surface area contributed by atoms with Crippen LogP contribution in [0.2, 0.25) is 0 Å². The van der Waals surface area contributed by atoms with E-state index in [1.54, 1.807) is 6.92 Å². The molecular weight excluding hydrogens is 258 g/mol. The van der Waals surface area contributed by atoms with Crippen molar-refractivity contribution < 1.29 is 4.92 Å². The first kappa shape index (κ1) is 14.8. The molecule has 1 heterocycles. The number of aromatic nitrogens is 2. The van der Waals surface area contributed by atoms with E-state index in [2.05, 4.69) is 10.3 Å². The molecule has 1 aromatic rings. The molecule has 1 aliphatic rings. The highest BCUT2D eigenvalue weighted by Crippen LogP contribution is 2.32. The highest BCUT2D eigenvalue weighted by Gasteiger charge is 2.30. The van der Waals surface area contributed by atoms with E-state index in [9.17, 15) is 10.1 Å². The lowest BCUT2D eigenvalue weighted by Crippen LogP contribution is -2.36. The van der Waals surface area contributed by atoms with Gasteiger partial charge >= 0.3 is 5.82 Å². The van der Waals surface area contributed by atoms with Crippen molar-refractivity contribution in [1.29, 1.82) is 0 Å². The summed E-state index contributed by atoms with van der Waals surface area (Å²) in [5, 5.41) is 14.4. The van der Waals surface area contributed by atoms with Gasteiger partial charge in [0.15, 0.2) is 0 Å². The van der Waals surface area contributed by atoms with E-state index in [4.69, 9.17) is 5.73 Å². The average molecular weight is 281 g/mol. The van der Waals surface area contributed by atoms with Crippen LogP contribution in [0.1, 0.15) is 38.4 Å². The predicted octanol–water partition coefficient (Wildman–Crippen LogP) is 2.05. The van der Waals surface area contributed by atoms with Gasteiger partial charge in [-0.1, -0.05) is 12.8 Å². The number of hydrogen-bond donors (Lipinski definition) is 2. The molecule has 1 atom stereocenters. The second kappa shape index (κ2) is 6.21. The molecule has 1 saturated carbocycles. The van der Waals surface area contributed by atoms with Crippen molar-refractivity contribution >= 4 is 11.6 Å². The molecule has 20 heavy (non-hydrogen) atoms. The molecule has 7 heteroatoms. The Hall–Kier alpha value is -1.63. The van der Waals surface area contributed by atoms with E-state index in [0.717, 1.165) is 12.8 Å². The number of nitro groups is 1. The SMILES string of the molecule is CCn1c(C)nc([N+](=O)[O-])c1NC(CN)C1CCCC1. The largest absolute Gasteiger partial charge is 0.406 e. The summed E-state index contributed by atoms with van der Waals surface area (Å²) in [7, 11) is 0. The Morgan fingerprint density at radius 1 is 1.55 bits per heavy atom. The van der Waals surface area contributed by atoms with Gasteiger partial charge in [-0.15, -0.1) is 0 Å². The fourth-order valence-corrected chi connectivity index (χ4v) is 3.11. The van der Waals surface area contributed by atoms with Crippen LogP contribution in [0.15, 0.2) is 0 Å². The molecule has 0 spiro atoms. The highest BCUT2D eigenvalue weighted by atomic mass is 16.6. The summed E-state index contributed by atoms with van der Waals surface area (Å²) >= 11 is 0. The fourth-order valence-electron chi connectivity index (χ4n) is 3.11. The molecule has 0 saturated heterocycles. The summed E-state index contributed by atoms with van der Waals surface area (Å²) in [6, 6.07) is 0.0811. The Morgan fingerprint density at radius 3 is 2.70 bits per heavy atom. The normalized spacial score (nSPS) is 17.4. The van der Waals surface area contributed by atoms with Gasteiger partial charge < -0.3 is 21.2 Å². The van der Waals surface area contributed by atoms with Gasteiger partial charge in [0, 0.05) is 26.1 Å². The first-order chi connectivity index (χ1) is 9.58. The van der Waals surface area contributed by atoms with Crippen LogP contribution in [0, 0.1) is 23.0 Å². The van der Waals surface area contributed by atoms with Crippen LogP contribution in [-0.4, -0.2) is 27.1 Å². The minimum Gasteiger partial charge on any atom is -0.360 e. The van der Waals surface area contributed by atoms with Gasteiger partial charge in [0.25, 0.3) is 0 Å². The zero-order chi connectivity index (χ0) is 14.7. The molecule has 0 amide bonds. The predicted molar refractivity (Wildman–Crippen MR) is 77.7 cm³/mol. The van der Waals surface area contributed by atoms with E-state index in [1.807, 2.05) is 11.5 Å². The maximum atomic E-state index is 11.2. The van der Waals surface area contributed by atoms with Crippen LogP contribution in [0.3, 0.4) is 0 Å². The van der Waals surface area contributed by atoms with Crippen molar-refractivity contribution in [3.8, 4) is 0 Å². The minimum atomic E-state index is -0.427. The van der Waals surface area contributed by atoms with E-state index in [0.29, 0.717) is 30.6 Å². The average Bonchev–Trinajstić information content (AvgIpc) is 3.03. The first-order valence-corrected chi connectivity index (χ1v) is 7.26. The van der Waals surface area contributed by atoms with Gasteiger partial charge in [0.05, 0.1) is 0 Å². The Balaban J connectivity index is 2.28. The third kappa shape index (κ3) is 2.77. The number of imidazole rings is 1. The molecule has 2 rings (SSSR count). The quantitative estimate of drug-likeness (QED) is 0.614. The molecule has 0 aromatic carbocycles. The summed E-state index contributed by atoms with van der Waals surface area (Å²) in [5.74, 6) is 1.56. The lowest BCUT2D eigenvalue weighted by Gasteiger charge is -2.24. The first-order valence-electron chi connectivity index (χ1n) is 7.26. The smallest absolute Gasteiger partial charge is 0.360 e. The van der Waals surface area contributed by atoms with Crippen LogP contribution in [0.5, 0.6) is 0 Å². The second-order valence-electron chi connectivity index (χ2n) is 5.36. The minimum absolute atomic E-state index is 0.0811. The number of anilines is 1. The summed E-state index contributed by atoms with van der Waals surface area (Å²) in [6.45, 7) is 4.87. The van der Waals surface area contributed by atoms with Gasteiger partial charge in [-0.2, -0.15) is 0 Å². The molecule has 0 radical (unpaired) electrons. The second-order valence-corrected chi connectivity index (χ2v) is 5.36. The molecule has 3 N–H and O–H groups in total. The Bertz CT molecular complexity index is 479. The topological polar surface area (TPSA) is 99.0 Å². The molecule has 1 aromatic heterocycles. The molecule has 0 aliphatic heterocycles. The molecule has 1 unspecified atom stereocenters. The van der Waals surface area contributed by atoms with Crippen LogP contribution < -0.4 is 11.1 Å². The summed E-state index contributed by atoms with van der Waals surface area (Å²) < 4.78 is 1.84. The maximum absolute atomic E-state index is 11.2. The zero-order valence-electron chi connectivity index (χ0n) is 12.1. The Labute approximate surface area is 118 Å². The van der Waals surface area contributed by atoms with Crippen molar-refractivity contribution in [2.24, 2.45) is 11.7 Å². The maximum Gasteiger partial charge on any atom is 0.406 e. The van der Waals surface area contributed by atoms with E-state index in [-0.39, 0.29) is 11.9 Å². The van der Waals surface area contributed by atoms with Gasteiger partial charge in [0.1, 0.15) is 0 Å². The van der Waals surface area contributed by atoms with Crippen LogP contribution in [0.4, 0.5) is 11.6 Å². The number of nitrogens with two attached hydrogens (primary N) is 1. The van der Waals surface area contributed by atoms with Crippen molar-refractivity contribution in [3.63, 3.8) is 0 Å². The Kier molecular flexibility index (Phi) is 4.59. The van der Waals surface area contributed by atoms with Gasteiger partial charge in [0.2, 0.25) is 11.6 Å². The van der Waals surface area contributed by atoms with Crippen molar-refractivity contribution in [2.45, 2.75) is 52.1 Å². The number of hydrogen-bond acceptors (Lipinski definition) is 5. The third-order valence-electron chi connectivity index (χ3n) is 4.17. The number of rotatable bonds is 6. The monoisotopic (exact) mass is 281 g/mol. The molecule has 112 valence electrons. The van der Waals surface area contributed by atoms with Crippen molar-refractivity contribution in [2.75, 3.05) is 11.9 Å². The zero-order valence-corrected chi connectivity index (χ0v) is 12.1.